The van der Waals surface area contributed by atoms with Crippen LogP contribution < -0.4 is 10.6 Å². The molecule has 0 bridgehead atoms. The minimum absolute atomic E-state index is 0.203. The number of hydrogen-bond donors (Lipinski definition) is 2. The molecule has 0 aliphatic heterocycles. The van der Waals surface area contributed by atoms with Gasteiger partial charge in [0.25, 0.3) is 0 Å². The first kappa shape index (κ1) is 14.7. The lowest BCUT2D eigenvalue weighted by Crippen LogP contribution is -2.27. The van der Waals surface area contributed by atoms with Crippen LogP contribution in [0.2, 0.25) is 0 Å². The molecular formula is C14H17N5O2. The summed E-state index contributed by atoms with van der Waals surface area (Å²) in [5.41, 5.74) is 1.06. The molecule has 0 radical (unpaired) electrons. The zero-order valence-electron chi connectivity index (χ0n) is 11.7. The van der Waals surface area contributed by atoms with E-state index in [-0.39, 0.29) is 18.2 Å². The number of carbonyl (C=O) groups is 2. The normalized spacial score (nSPS) is 10.1. The highest BCUT2D eigenvalue weighted by molar-refractivity contribution is 6.03. The van der Waals surface area contributed by atoms with Gasteiger partial charge >= 0.3 is 0 Å². The average molecular weight is 287 g/mol. The number of carbonyl (C=O) groups excluding carboxylic acids is 2. The number of nitrogens with one attached hydrogen (secondary N) is 2. The molecule has 0 aromatic carbocycles. The maximum absolute atomic E-state index is 11.6. The van der Waals surface area contributed by atoms with E-state index in [9.17, 15) is 9.59 Å². The fraction of sp³-hybridized carbons (Fsp3) is 0.286. The number of anilines is 1. The molecule has 0 saturated heterocycles. The summed E-state index contributed by atoms with van der Waals surface area (Å²) in [6.07, 6.45) is 4.99. The van der Waals surface area contributed by atoms with Crippen LogP contribution in [0.4, 0.5) is 5.82 Å². The van der Waals surface area contributed by atoms with Crippen LogP contribution in [0.25, 0.3) is 0 Å². The Morgan fingerprint density at radius 1 is 1.19 bits per heavy atom. The molecule has 2 rings (SSSR count). The second kappa shape index (κ2) is 7.18. The van der Waals surface area contributed by atoms with Crippen LogP contribution in [0.5, 0.6) is 0 Å². The Morgan fingerprint density at radius 2 is 1.95 bits per heavy atom. The van der Waals surface area contributed by atoms with Crippen molar-refractivity contribution in [3.63, 3.8) is 0 Å². The SMILES string of the molecule is CCNC(=O)CC(=O)Nc1ccn(Cc2ccncc2)n1. The topological polar surface area (TPSA) is 88.9 Å². The molecule has 2 aromatic rings. The molecule has 7 nitrogen and oxygen atoms in total. The molecule has 0 spiro atoms. The predicted molar refractivity (Wildman–Crippen MR) is 77.5 cm³/mol. The van der Waals surface area contributed by atoms with Crippen LogP contribution in [0.3, 0.4) is 0 Å². The standard InChI is InChI=1S/C14H17N5O2/c1-2-16-13(20)9-14(21)17-12-5-8-19(18-12)10-11-3-6-15-7-4-11/h3-8H,2,9-10H2,1H3,(H,16,20)(H,17,18,21). The Balaban J connectivity index is 1.88. The predicted octanol–water partition coefficient (Wildman–Crippen LogP) is 0.791. The fourth-order valence-electron chi connectivity index (χ4n) is 1.78. The Bertz CT molecular complexity index is 609. The highest BCUT2D eigenvalue weighted by atomic mass is 16.2. The summed E-state index contributed by atoms with van der Waals surface area (Å²) in [6.45, 7) is 2.90. The number of rotatable bonds is 6. The minimum Gasteiger partial charge on any atom is -0.356 e. The van der Waals surface area contributed by atoms with Gasteiger partial charge in [-0.3, -0.25) is 19.3 Å². The van der Waals surface area contributed by atoms with Crippen molar-refractivity contribution in [1.29, 1.82) is 0 Å². The maximum atomic E-state index is 11.6. The van der Waals surface area contributed by atoms with Crippen molar-refractivity contribution >= 4 is 17.6 Å². The molecule has 2 N–H and O–H groups in total. The molecule has 0 fully saturated rings. The Labute approximate surface area is 122 Å². The largest absolute Gasteiger partial charge is 0.356 e. The second-order valence-corrected chi connectivity index (χ2v) is 4.43. The molecule has 2 aromatic heterocycles. The van der Waals surface area contributed by atoms with E-state index in [1.54, 1.807) is 36.3 Å². The third-order valence-electron chi connectivity index (χ3n) is 2.70. The Kier molecular flexibility index (Phi) is 5.03. The number of aromatic nitrogens is 3. The van der Waals surface area contributed by atoms with E-state index < -0.39 is 0 Å². The zero-order chi connectivity index (χ0) is 15.1. The van der Waals surface area contributed by atoms with Gasteiger partial charge in [0.2, 0.25) is 11.8 Å². The van der Waals surface area contributed by atoms with Gasteiger partial charge in [-0.2, -0.15) is 5.10 Å². The lowest BCUT2D eigenvalue weighted by Gasteiger charge is -2.03. The van der Waals surface area contributed by atoms with Crippen molar-refractivity contribution in [3.05, 3.63) is 42.4 Å². The fourth-order valence-corrected chi connectivity index (χ4v) is 1.78. The second-order valence-electron chi connectivity index (χ2n) is 4.43. The van der Waals surface area contributed by atoms with Crippen LogP contribution in [0.15, 0.2) is 36.8 Å². The van der Waals surface area contributed by atoms with Crippen LogP contribution in [0.1, 0.15) is 18.9 Å². The van der Waals surface area contributed by atoms with Crippen molar-refractivity contribution in [1.82, 2.24) is 20.1 Å². The molecule has 7 heteroatoms. The maximum Gasteiger partial charge on any atom is 0.235 e. The molecule has 0 saturated carbocycles. The summed E-state index contributed by atoms with van der Waals surface area (Å²) in [5, 5.41) is 9.39. The van der Waals surface area contributed by atoms with E-state index in [1.807, 2.05) is 12.1 Å². The summed E-state index contributed by atoms with van der Waals surface area (Å²) < 4.78 is 1.71. The molecule has 2 heterocycles. The van der Waals surface area contributed by atoms with Crippen molar-refractivity contribution in [2.24, 2.45) is 0 Å². The van der Waals surface area contributed by atoms with E-state index >= 15 is 0 Å². The van der Waals surface area contributed by atoms with Crippen molar-refractivity contribution in [3.8, 4) is 0 Å². The number of amides is 2. The van der Waals surface area contributed by atoms with Gasteiger partial charge < -0.3 is 10.6 Å². The number of nitrogens with zero attached hydrogens (tertiary/aromatic N) is 3. The van der Waals surface area contributed by atoms with Gasteiger partial charge in [-0.1, -0.05) is 0 Å². The first-order valence-electron chi connectivity index (χ1n) is 6.66. The van der Waals surface area contributed by atoms with Crippen LogP contribution in [-0.2, 0) is 16.1 Å². The van der Waals surface area contributed by atoms with Gasteiger partial charge in [0.15, 0.2) is 5.82 Å². The van der Waals surface area contributed by atoms with E-state index in [0.717, 1.165) is 5.56 Å². The van der Waals surface area contributed by atoms with Crippen LogP contribution in [-0.4, -0.2) is 33.1 Å². The van der Waals surface area contributed by atoms with Crippen molar-refractivity contribution in [2.75, 3.05) is 11.9 Å². The molecule has 0 aliphatic carbocycles. The molecule has 0 atom stereocenters. The van der Waals surface area contributed by atoms with E-state index in [2.05, 4.69) is 20.7 Å². The molecule has 110 valence electrons. The summed E-state index contributed by atoms with van der Waals surface area (Å²) in [4.78, 5) is 26.9. The summed E-state index contributed by atoms with van der Waals surface area (Å²) in [5.74, 6) is -0.250. The van der Waals surface area contributed by atoms with E-state index in [0.29, 0.717) is 18.9 Å². The quantitative estimate of drug-likeness (QED) is 0.769. The lowest BCUT2D eigenvalue weighted by molar-refractivity contribution is -0.126. The smallest absolute Gasteiger partial charge is 0.235 e. The van der Waals surface area contributed by atoms with Crippen LogP contribution >= 0.6 is 0 Å². The Morgan fingerprint density at radius 3 is 2.67 bits per heavy atom. The van der Waals surface area contributed by atoms with Gasteiger partial charge in [0.05, 0.1) is 6.54 Å². The third kappa shape index (κ3) is 4.72. The van der Waals surface area contributed by atoms with Crippen molar-refractivity contribution in [2.45, 2.75) is 19.9 Å². The van der Waals surface area contributed by atoms with Gasteiger partial charge in [-0.15, -0.1) is 0 Å². The number of pyridine rings is 1. The molecule has 21 heavy (non-hydrogen) atoms. The van der Waals surface area contributed by atoms with Gasteiger partial charge in [0, 0.05) is 31.2 Å². The molecular weight excluding hydrogens is 270 g/mol. The molecule has 2 amide bonds. The first-order chi connectivity index (χ1) is 10.2. The van der Waals surface area contributed by atoms with Gasteiger partial charge in [-0.05, 0) is 24.6 Å². The average Bonchev–Trinajstić information content (AvgIpc) is 2.87. The van der Waals surface area contributed by atoms with E-state index in [1.165, 1.54) is 0 Å². The van der Waals surface area contributed by atoms with E-state index in [4.69, 9.17) is 0 Å². The number of hydrogen-bond acceptors (Lipinski definition) is 4. The van der Waals surface area contributed by atoms with Crippen molar-refractivity contribution < 1.29 is 9.59 Å². The monoisotopic (exact) mass is 287 g/mol. The zero-order valence-corrected chi connectivity index (χ0v) is 11.7. The summed E-state index contributed by atoms with van der Waals surface area (Å²) in [7, 11) is 0. The summed E-state index contributed by atoms with van der Waals surface area (Å²) >= 11 is 0. The Hall–Kier alpha value is -2.70. The highest BCUT2D eigenvalue weighted by Crippen LogP contribution is 2.06. The lowest BCUT2D eigenvalue weighted by atomic mass is 10.3. The van der Waals surface area contributed by atoms with Gasteiger partial charge in [-0.25, -0.2) is 0 Å². The highest BCUT2D eigenvalue weighted by Gasteiger charge is 2.10. The third-order valence-corrected chi connectivity index (χ3v) is 2.70. The van der Waals surface area contributed by atoms with Crippen LogP contribution in [0, 0.1) is 0 Å². The first-order valence-corrected chi connectivity index (χ1v) is 6.66. The van der Waals surface area contributed by atoms with Gasteiger partial charge in [0.1, 0.15) is 6.42 Å². The molecule has 0 aliphatic rings. The summed E-state index contributed by atoms with van der Waals surface area (Å²) in [6, 6.07) is 5.49. The minimum atomic E-state index is -0.380. The molecule has 0 unspecified atom stereocenters.